The Balaban J connectivity index is 0.00000231. The fraction of sp³-hybridized carbons (Fsp3) is 0.476. The second kappa shape index (κ2) is 8.12. The Hall–Kier alpha value is -2.65. The fourth-order valence-corrected chi connectivity index (χ4v) is 4.81. The van der Waals surface area contributed by atoms with Gasteiger partial charge in [0.1, 0.15) is 5.65 Å². The number of hydrogen-bond donors (Lipinski definition) is 2. The third-order valence-electron chi connectivity index (χ3n) is 6.41. The minimum atomic E-state index is -1.58. The van der Waals surface area contributed by atoms with Gasteiger partial charge in [0.25, 0.3) is 0 Å². The summed E-state index contributed by atoms with van der Waals surface area (Å²) >= 11 is 0. The van der Waals surface area contributed by atoms with Crippen molar-refractivity contribution in [3.05, 3.63) is 40.5 Å². The van der Waals surface area contributed by atoms with Crippen LogP contribution in [-0.4, -0.2) is 47.0 Å². The molecule has 2 fully saturated rings. The minimum absolute atomic E-state index is 0. The summed E-state index contributed by atoms with van der Waals surface area (Å²) in [6.45, 7) is 1.39. The van der Waals surface area contributed by atoms with Crippen molar-refractivity contribution in [2.45, 2.75) is 31.3 Å². The molecule has 8 nitrogen and oxygen atoms in total. The van der Waals surface area contributed by atoms with Gasteiger partial charge in [0.2, 0.25) is 5.43 Å². The van der Waals surface area contributed by atoms with Crippen molar-refractivity contribution >= 4 is 35.4 Å². The molecule has 166 valence electrons. The van der Waals surface area contributed by atoms with Crippen LogP contribution in [-0.2, 0) is 0 Å². The van der Waals surface area contributed by atoms with E-state index in [0.29, 0.717) is 30.6 Å². The topological polar surface area (TPSA) is 96.7 Å². The van der Waals surface area contributed by atoms with Gasteiger partial charge in [-0.3, -0.25) is 4.79 Å². The highest BCUT2D eigenvalue weighted by atomic mass is 35.5. The van der Waals surface area contributed by atoms with Crippen LogP contribution in [0.2, 0.25) is 0 Å². The molecule has 2 aliphatic carbocycles. The predicted octanol–water partition coefficient (Wildman–Crippen LogP) is 2.95. The number of rotatable bonds is 4. The van der Waals surface area contributed by atoms with Crippen LogP contribution in [0.1, 0.15) is 25.3 Å². The Morgan fingerprint density at radius 2 is 2.13 bits per heavy atom. The number of carboxylic acid groups (broad SMARTS) is 1. The molecule has 1 aliphatic heterocycles. The lowest BCUT2D eigenvalue weighted by atomic mass is 9.82. The molecular formula is C21H24ClFN4O4. The predicted molar refractivity (Wildman–Crippen MR) is 116 cm³/mol. The van der Waals surface area contributed by atoms with Crippen LogP contribution in [0, 0.1) is 17.7 Å². The summed E-state index contributed by atoms with van der Waals surface area (Å²) in [4.78, 5) is 30.2. The van der Waals surface area contributed by atoms with Crippen molar-refractivity contribution in [1.82, 2.24) is 14.9 Å². The maximum Gasteiger partial charge on any atom is 0.511 e. The second-order valence-corrected chi connectivity index (χ2v) is 8.30. The van der Waals surface area contributed by atoms with E-state index in [1.807, 2.05) is 11.9 Å². The maximum atomic E-state index is 15.1. The highest BCUT2D eigenvalue weighted by Crippen LogP contribution is 2.39. The number of likely N-dealkylation sites (N-methyl/N-ethyl adjacent to an activating group) is 1. The maximum absolute atomic E-state index is 15.1. The second-order valence-electron chi connectivity index (χ2n) is 8.30. The number of pyridine rings is 2. The molecular weight excluding hydrogens is 427 g/mol. The third-order valence-corrected chi connectivity index (χ3v) is 6.41. The Bertz CT molecular complexity index is 1120. The van der Waals surface area contributed by atoms with Gasteiger partial charge in [-0.05, 0) is 38.3 Å². The molecule has 3 aliphatic rings. The van der Waals surface area contributed by atoms with E-state index in [9.17, 15) is 9.59 Å². The van der Waals surface area contributed by atoms with E-state index >= 15 is 4.39 Å². The first-order valence-electron chi connectivity index (χ1n) is 10.2. The van der Waals surface area contributed by atoms with Crippen LogP contribution in [0.3, 0.4) is 0 Å². The number of aromatic nitrogens is 2. The quantitative estimate of drug-likeness (QED) is 0.546. The van der Waals surface area contributed by atoms with Crippen LogP contribution < -0.4 is 20.4 Å². The van der Waals surface area contributed by atoms with E-state index in [1.165, 1.54) is 12.3 Å². The van der Waals surface area contributed by atoms with Crippen molar-refractivity contribution in [3.8, 4) is 5.75 Å². The zero-order valence-electron chi connectivity index (χ0n) is 17.0. The summed E-state index contributed by atoms with van der Waals surface area (Å²) in [5.74, 6) is 0.121. The van der Waals surface area contributed by atoms with Crippen molar-refractivity contribution < 1.29 is 19.0 Å². The number of ether oxygens (including phenoxy) is 1. The van der Waals surface area contributed by atoms with E-state index in [1.54, 1.807) is 4.57 Å². The summed E-state index contributed by atoms with van der Waals surface area (Å²) in [6.07, 6.45) is 6.89. The van der Waals surface area contributed by atoms with E-state index in [-0.39, 0.29) is 41.4 Å². The summed E-state index contributed by atoms with van der Waals surface area (Å²) in [6, 6.07) is 1.52. The van der Waals surface area contributed by atoms with Gasteiger partial charge in [-0.15, -0.1) is 12.4 Å². The molecule has 0 aromatic carbocycles. The fourth-order valence-electron chi connectivity index (χ4n) is 4.81. The normalized spacial score (nSPS) is 24.7. The summed E-state index contributed by atoms with van der Waals surface area (Å²) in [7, 11) is 1.93. The van der Waals surface area contributed by atoms with Gasteiger partial charge in [0, 0.05) is 31.1 Å². The first kappa shape index (κ1) is 21.6. The molecule has 1 saturated heterocycles. The van der Waals surface area contributed by atoms with Crippen LogP contribution in [0.5, 0.6) is 5.75 Å². The molecule has 0 bridgehead atoms. The monoisotopic (exact) mass is 450 g/mol. The Morgan fingerprint density at radius 3 is 2.81 bits per heavy atom. The van der Waals surface area contributed by atoms with E-state index in [4.69, 9.17) is 5.11 Å². The lowest BCUT2D eigenvalue weighted by Gasteiger charge is -2.28. The Labute approximate surface area is 184 Å². The number of allylic oxidation sites excluding steroid dienone is 1. The molecule has 1 saturated carbocycles. The lowest BCUT2D eigenvalue weighted by Crippen LogP contribution is -2.38. The molecule has 2 aromatic rings. The van der Waals surface area contributed by atoms with Crippen LogP contribution in [0.15, 0.2) is 29.2 Å². The number of nitrogens with zero attached hydrogens (tertiary/aromatic N) is 3. The van der Waals surface area contributed by atoms with Gasteiger partial charge in [-0.1, -0.05) is 12.2 Å². The first-order valence-corrected chi connectivity index (χ1v) is 10.2. The molecule has 3 atom stereocenters. The Kier molecular flexibility index (Phi) is 5.65. The molecule has 0 spiro atoms. The van der Waals surface area contributed by atoms with E-state index < -0.39 is 17.4 Å². The van der Waals surface area contributed by atoms with Crippen molar-refractivity contribution in [2.24, 2.45) is 11.8 Å². The highest BCUT2D eigenvalue weighted by molar-refractivity contribution is 5.85. The lowest BCUT2D eigenvalue weighted by molar-refractivity contribution is 0.143. The van der Waals surface area contributed by atoms with Gasteiger partial charge in [0.15, 0.2) is 17.4 Å². The average Bonchev–Trinajstić information content (AvgIpc) is 3.47. The Morgan fingerprint density at radius 1 is 1.35 bits per heavy atom. The largest absolute Gasteiger partial charge is 0.511 e. The zero-order valence-corrected chi connectivity index (χ0v) is 17.8. The molecule has 5 rings (SSSR count). The van der Waals surface area contributed by atoms with E-state index in [0.717, 1.165) is 19.3 Å². The number of nitrogens with one attached hydrogen (secondary N) is 1. The molecule has 3 unspecified atom stereocenters. The molecule has 0 radical (unpaired) electrons. The highest BCUT2D eigenvalue weighted by Gasteiger charge is 2.39. The average molecular weight is 451 g/mol. The molecule has 0 amide bonds. The molecule has 2 aromatic heterocycles. The smallest absolute Gasteiger partial charge is 0.449 e. The van der Waals surface area contributed by atoms with Gasteiger partial charge >= 0.3 is 6.16 Å². The molecule has 31 heavy (non-hydrogen) atoms. The van der Waals surface area contributed by atoms with Crippen molar-refractivity contribution in [3.63, 3.8) is 0 Å². The van der Waals surface area contributed by atoms with Gasteiger partial charge < -0.3 is 24.6 Å². The number of anilines is 1. The molecule has 10 heteroatoms. The first-order chi connectivity index (χ1) is 14.5. The van der Waals surface area contributed by atoms with Crippen molar-refractivity contribution in [1.29, 1.82) is 0 Å². The molecule has 2 N–H and O–H groups in total. The number of halogens is 2. The van der Waals surface area contributed by atoms with Crippen LogP contribution >= 0.6 is 12.4 Å². The van der Waals surface area contributed by atoms with Gasteiger partial charge in [0.05, 0.1) is 11.6 Å². The number of carbonyl (C=O) groups is 1. The standard InChI is InChI=1S/C21H23FN4O4.ClH/c1-23-16-4-2-3-11-8-25(9-14(11)16)20-15(22)7-13-18(27)17(30-21(28)29)10-26(12-5-6-12)19(13)24-20;/h2,4,7,10-12,14,16,23H,3,5-6,8-9H2,1H3,(H,28,29);1H. The minimum Gasteiger partial charge on any atom is -0.449 e. The summed E-state index contributed by atoms with van der Waals surface area (Å²) < 4.78 is 21.5. The van der Waals surface area contributed by atoms with Gasteiger partial charge in [-0.25, -0.2) is 14.2 Å². The van der Waals surface area contributed by atoms with E-state index in [2.05, 4.69) is 27.2 Å². The SMILES string of the molecule is CNC1C=CCC2CN(c3nc4c(cc3F)c(=O)c(OC(=O)O)cn4C3CC3)CC21.Cl. The van der Waals surface area contributed by atoms with Crippen LogP contribution in [0.25, 0.3) is 11.0 Å². The molecule has 3 heterocycles. The van der Waals surface area contributed by atoms with Gasteiger partial charge in [-0.2, -0.15) is 0 Å². The van der Waals surface area contributed by atoms with Crippen molar-refractivity contribution in [2.75, 3.05) is 25.0 Å². The number of hydrogen-bond acceptors (Lipinski definition) is 6. The summed E-state index contributed by atoms with van der Waals surface area (Å²) in [5.41, 5.74) is -0.299. The zero-order chi connectivity index (χ0) is 21.0. The number of fused-ring (bicyclic) bond motifs is 2. The third kappa shape index (κ3) is 3.76. The summed E-state index contributed by atoms with van der Waals surface area (Å²) in [5, 5.41) is 12.3. The van der Waals surface area contributed by atoms with Crippen LogP contribution in [0.4, 0.5) is 15.0 Å².